The number of H-pyrrole nitrogens is 1. The zero-order valence-electron chi connectivity index (χ0n) is 6.83. The Morgan fingerprint density at radius 1 is 1.69 bits per heavy atom. The van der Waals surface area contributed by atoms with Crippen LogP contribution in [0, 0.1) is 0 Å². The zero-order valence-corrected chi connectivity index (χ0v) is 7.72. The standard InChI is InChI=1S/C3H4N2.C3H7O4P/c1-2-5-3-4-1;1-2-3-7-8(4,5)6/h1-3H,(H,4,5);2H,1,3H2,(H2,4,5,6). The first-order valence-electron chi connectivity index (χ1n) is 3.30. The maximum absolute atomic E-state index is 9.81. The van der Waals surface area contributed by atoms with Crippen molar-refractivity contribution in [1.82, 2.24) is 9.97 Å². The van der Waals surface area contributed by atoms with Gasteiger partial charge < -0.3 is 14.8 Å². The summed E-state index contributed by atoms with van der Waals surface area (Å²) in [5.74, 6) is 0. The van der Waals surface area contributed by atoms with Crippen molar-refractivity contribution in [2.45, 2.75) is 0 Å². The number of hydrogen-bond donors (Lipinski definition) is 3. The van der Waals surface area contributed by atoms with Gasteiger partial charge in [-0.15, -0.1) is 6.58 Å². The van der Waals surface area contributed by atoms with E-state index in [0.29, 0.717) is 0 Å². The molecule has 7 heteroatoms. The van der Waals surface area contributed by atoms with Crippen LogP contribution in [0.2, 0.25) is 0 Å². The van der Waals surface area contributed by atoms with Crippen molar-refractivity contribution in [2.24, 2.45) is 0 Å². The minimum atomic E-state index is -4.25. The van der Waals surface area contributed by atoms with E-state index in [4.69, 9.17) is 9.79 Å². The van der Waals surface area contributed by atoms with Gasteiger partial charge in [-0.3, -0.25) is 4.52 Å². The molecule has 74 valence electrons. The number of phosphoric ester groups is 1. The number of aromatic amines is 1. The van der Waals surface area contributed by atoms with E-state index >= 15 is 0 Å². The molecule has 0 bridgehead atoms. The van der Waals surface area contributed by atoms with Gasteiger partial charge in [0.25, 0.3) is 0 Å². The summed E-state index contributed by atoms with van der Waals surface area (Å²) in [7, 11) is -4.25. The smallest absolute Gasteiger partial charge is 0.351 e. The van der Waals surface area contributed by atoms with Crippen LogP contribution in [-0.4, -0.2) is 26.4 Å². The van der Waals surface area contributed by atoms with E-state index in [2.05, 4.69) is 21.1 Å². The van der Waals surface area contributed by atoms with Gasteiger partial charge in [-0.1, -0.05) is 6.08 Å². The molecule has 0 fully saturated rings. The number of rotatable bonds is 3. The largest absolute Gasteiger partial charge is 0.469 e. The highest BCUT2D eigenvalue weighted by molar-refractivity contribution is 7.46. The fourth-order valence-electron chi connectivity index (χ4n) is 0.365. The van der Waals surface area contributed by atoms with E-state index in [9.17, 15) is 4.57 Å². The lowest BCUT2D eigenvalue weighted by atomic mass is 10.7. The lowest BCUT2D eigenvalue weighted by Crippen LogP contribution is -1.86. The van der Waals surface area contributed by atoms with Crippen molar-refractivity contribution in [3.63, 3.8) is 0 Å². The highest BCUT2D eigenvalue weighted by Crippen LogP contribution is 2.35. The molecular formula is C6H11N2O4P. The maximum atomic E-state index is 9.81. The fraction of sp³-hybridized carbons (Fsp3) is 0.167. The molecule has 0 saturated heterocycles. The van der Waals surface area contributed by atoms with Gasteiger partial charge in [0, 0.05) is 12.4 Å². The van der Waals surface area contributed by atoms with Crippen LogP contribution in [0.3, 0.4) is 0 Å². The second-order valence-corrected chi connectivity index (χ2v) is 3.07. The molecule has 6 nitrogen and oxygen atoms in total. The monoisotopic (exact) mass is 206 g/mol. The topological polar surface area (TPSA) is 95.4 Å². The molecule has 0 atom stereocenters. The van der Waals surface area contributed by atoms with Crippen LogP contribution in [0.15, 0.2) is 31.4 Å². The van der Waals surface area contributed by atoms with Crippen LogP contribution in [0.25, 0.3) is 0 Å². The molecule has 0 aliphatic heterocycles. The van der Waals surface area contributed by atoms with Gasteiger partial charge in [0.05, 0.1) is 12.9 Å². The Kier molecular flexibility index (Phi) is 6.09. The number of aromatic nitrogens is 2. The summed E-state index contributed by atoms with van der Waals surface area (Å²) in [5, 5.41) is 0. The van der Waals surface area contributed by atoms with Crippen LogP contribution in [0.5, 0.6) is 0 Å². The lowest BCUT2D eigenvalue weighted by Gasteiger charge is -1.98. The van der Waals surface area contributed by atoms with Gasteiger partial charge in [0.1, 0.15) is 0 Å². The minimum absolute atomic E-state index is 0.121. The van der Waals surface area contributed by atoms with Crippen molar-refractivity contribution in [2.75, 3.05) is 6.61 Å². The summed E-state index contributed by atoms with van der Waals surface area (Å²) in [6.07, 6.45) is 6.35. The number of phosphoric acid groups is 1. The van der Waals surface area contributed by atoms with Crippen molar-refractivity contribution in [3.8, 4) is 0 Å². The molecule has 0 aliphatic carbocycles. The van der Waals surface area contributed by atoms with Gasteiger partial charge in [-0.25, -0.2) is 9.55 Å². The normalized spacial score (nSPS) is 10.0. The van der Waals surface area contributed by atoms with Gasteiger partial charge in [-0.2, -0.15) is 0 Å². The lowest BCUT2D eigenvalue weighted by molar-refractivity contribution is 0.216. The van der Waals surface area contributed by atoms with Crippen LogP contribution < -0.4 is 0 Å². The van der Waals surface area contributed by atoms with E-state index in [0.717, 1.165) is 0 Å². The quantitative estimate of drug-likeness (QED) is 0.499. The SMILES string of the molecule is C=CCOP(=O)(O)O.c1c[nH]cn1. The molecule has 1 aromatic heterocycles. The molecule has 1 aromatic rings. The number of hydrogen-bond acceptors (Lipinski definition) is 3. The summed E-state index contributed by atoms with van der Waals surface area (Å²) in [5.41, 5.74) is 0. The summed E-state index contributed by atoms with van der Waals surface area (Å²) < 4.78 is 13.7. The summed E-state index contributed by atoms with van der Waals surface area (Å²) in [6.45, 7) is 3.07. The molecule has 3 N–H and O–H groups in total. The van der Waals surface area contributed by atoms with E-state index in [1.54, 1.807) is 18.7 Å². The average molecular weight is 206 g/mol. The predicted molar refractivity (Wildman–Crippen MR) is 46.8 cm³/mol. The second-order valence-electron chi connectivity index (χ2n) is 1.84. The Hall–Kier alpha value is -0.940. The van der Waals surface area contributed by atoms with Crippen LogP contribution >= 0.6 is 7.82 Å². The van der Waals surface area contributed by atoms with Crippen molar-refractivity contribution < 1.29 is 18.9 Å². The van der Waals surface area contributed by atoms with Gasteiger partial charge in [0.2, 0.25) is 0 Å². The third-order valence-corrected chi connectivity index (χ3v) is 1.25. The van der Waals surface area contributed by atoms with Crippen molar-refractivity contribution >= 4 is 7.82 Å². The minimum Gasteiger partial charge on any atom is -0.351 e. The first-order chi connectivity index (χ1) is 6.06. The number of imidazole rings is 1. The molecule has 0 aliphatic rings. The van der Waals surface area contributed by atoms with Crippen LogP contribution in [0.4, 0.5) is 0 Å². The summed E-state index contributed by atoms with van der Waals surface area (Å²) in [6, 6.07) is 0. The molecule has 0 unspecified atom stereocenters. The molecule has 13 heavy (non-hydrogen) atoms. The first kappa shape index (κ1) is 12.1. The molecule has 0 aromatic carbocycles. The second kappa shape index (κ2) is 6.56. The summed E-state index contributed by atoms with van der Waals surface area (Å²) in [4.78, 5) is 22.4. The Morgan fingerprint density at radius 2 is 2.38 bits per heavy atom. The zero-order chi connectivity index (χ0) is 10.2. The molecule has 0 radical (unpaired) electrons. The fourth-order valence-corrected chi connectivity index (χ4v) is 0.665. The molecule has 0 spiro atoms. The maximum Gasteiger partial charge on any atom is 0.469 e. The Balaban J connectivity index is 0.000000243. The van der Waals surface area contributed by atoms with E-state index < -0.39 is 7.82 Å². The average Bonchev–Trinajstić information content (AvgIpc) is 2.56. The Labute approximate surface area is 75.5 Å². The van der Waals surface area contributed by atoms with Crippen LogP contribution in [-0.2, 0) is 9.09 Å². The molecule has 1 rings (SSSR count). The van der Waals surface area contributed by atoms with Crippen LogP contribution in [0.1, 0.15) is 0 Å². The molecule has 1 heterocycles. The van der Waals surface area contributed by atoms with Gasteiger partial charge in [-0.05, 0) is 0 Å². The van der Waals surface area contributed by atoms with Gasteiger partial charge >= 0.3 is 7.82 Å². The van der Waals surface area contributed by atoms with Gasteiger partial charge in [0.15, 0.2) is 0 Å². The number of nitrogens with zero attached hydrogens (tertiary/aromatic N) is 1. The van der Waals surface area contributed by atoms with E-state index in [1.165, 1.54) is 6.08 Å². The Bertz CT molecular complexity index is 238. The van der Waals surface area contributed by atoms with E-state index in [1.807, 2.05) is 0 Å². The third kappa shape index (κ3) is 11.1. The highest BCUT2D eigenvalue weighted by Gasteiger charge is 2.10. The highest BCUT2D eigenvalue weighted by atomic mass is 31.2. The summed E-state index contributed by atoms with van der Waals surface area (Å²) >= 11 is 0. The predicted octanol–water partition coefficient (Wildman–Crippen LogP) is 0.691. The Morgan fingerprint density at radius 3 is 2.54 bits per heavy atom. The number of nitrogens with one attached hydrogen (secondary N) is 1. The van der Waals surface area contributed by atoms with Crippen molar-refractivity contribution in [3.05, 3.63) is 31.4 Å². The molecular weight excluding hydrogens is 195 g/mol. The van der Waals surface area contributed by atoms with E-state index in [-0.39, 0.29) is 6.61 Å². The first-order valence-corrected chi connectivity index (χ1v) is 4.83. The van der Waals surface area contributed by atoms with Crippen molar-refractivity contribution in [1.29, 1.82) is 0 Å². The molecule has 0 amide bonds. The molecule has 0 saturated carbocycles. The third-order valence-electron chi connectivity index (χ3n) is 0.766.